The summed E-state index contributed by atoms with van der Waals surface area (Å²) in [7, 11) is 1.32. The van der Waals surface area contributed by atoms with Gasteiger partial charge in [-0.3, -0.25) is 9.69 Å². The van der Waals surface area contributed by atoms with Crippen LogP contribution in [0, 0.1) is 0 Å². The summed E-state index contributed by atoms with van der Waals surface area (Å²) < 4.78 is 10.7. The Morgan fingerprint density at radius 2 is 1.88 bits per heavy atom. The van der Waals surface area contributed by atoms with Crippen LogP contribution in [0.25, 0.3) is 17.4 Å². The lowest BCUT2D eigenvalue weighted by Gasteiger charge is -2.12. The molecule has 34 heavy (non-hydrogen) atoms. The predicted molar refractivity (Wildman–Crippen MR) is 129 cm³/mol. The predicted octanol–water partition coefficient (Wildman–Crippen LogP) is 5.06. The maximum absolute atomic E-state index is 12.9. The van der Waals surface area contributed by atoms with E-state index in [1.165, 1.54) is 35.9 Å². The number of aliphatic imine (C=N–C) groups is 1. The minimum atomic E-state index is -1.05. The van der Waals surface area contributed by atoms with Crippen molar-refractivity contribution in [1.29, 1.82) is 0 Å². The molecule has 1 aliphatic heterocycles. The van der Waals surface area contributed by atoms with E-state index in [0.717, 1.165) is 0 Å². The van der Waals surface area contributed by atoms with Crippen LogP contribution in [0.1, 0.15) is 33.4 Å². The Hall–Kier alpha value is -4.11. The van der Waals surface area contributed by atoms with Gasteiger partial charge in [0.15, 0.2) is 5.17 Å². The average Bonchev–Trinajstić information content (AvgIpc) is 3.43. The Kier molecular flexibility index (Phi) is 6.65. The summed E-state index contributed by atoms with van der Waals surface area (Å²) in [6, 6.07) is 16.6. The summed E-state index contributed by atoms with van der Waals surface area (Å²) in [5.41, 5.74) is 1.67. The van der Waals surface area contributed by atoms with E-state index in [1.807, 2.05) is 13.0 Å². The number of ether oxygens (including phenoxy) is 1. The molecular formula is C25H20N2O6S. The van der Waals surface area contributed by atoms with Crippen molar-refractivity contribution in [3.63, 3.8) is 0 Å². The zero-order chi connectivity index (χ0) is 24.2. The molecule has 0 radical (unpaired) electrons. The number of carbonyl (C=O) groups excluding carboxylic acids is 2. The molecule has 0 saturated carbocycles. The van der Waals surface area contributed by atoms with E-state index in [0.29, 0.717) is 45.0 Å². The largest absolute Gasteiger partial charge is 0.478 e. The first-order valence-electron chi connectivity index (χ1n) is 10.3. The zero-order valence-electron chi connectivity index (χ0n) is 18.3. The first-order chi connectivity index (χ1) is 16.4. The molecule has 1 aliphatic rings. The fourth-order valence-electron chi connectivity index (χ4n) is 3.32. The number of nitrogens with zero attached hydrogens (tertiary/aromatic N) is 2. The smallest absolute Gasteiger partial charge is 0.337 e. The highest BCUT2D eigenvalue weighted by atomic mass is 32.2. The number of esters is 1. The van der Waals surface area contributed by atoms with Gasteiger partial charge in [-0.25, -0.2) is 14.6 Å². The Bertz CT molecular complexity index is 1340. The van der Waals surface area contributed by atoms with Crippen LogP contribution in [0.2, 0.25) is 0 Å². The number of likely N-dealkylation sites (N-methyl/N-ethyl adjacent to an activating group) is 1. The molecule has 0 spiro atoms. The lowest BCUT2D eigenvalue weighted by molar-refractivity contribution is -0.122. The molecule has 8 nitrogen and oxygen atoms in total. The fraction of sp³-hybridized carbons (Fsp3) is 0.120. The molecule has 3 aromatic rings. The van der Waals surface area contributed by atoms with Crippen LogP contribution in [0.5, 0.6) is 0 Å². The number of thioether (sulfide) groups is 1. The summed E-state index contributed by atoms with van der Waals surface area (Å²) in [5, 5.41) is 9.65. The van der Waals surface area contributed by atoms with Crippen molar-refractivity contribution in [2.75, 3.05) is 13.7 Å². The number of furan rings is 1. The van der Waals surface area contributed by atoms with Crippen LogP contribution < -0.4 is 0 Å². The van der Waals surface area contributed by atoms with Crippen molar-refractivity contribution >= 4 is 46.5 Å². The third-order valence-corrected chi connectivity index (χ3v) is 6.00. The number of aromatic carboxylic acids is 1. The molecule has 1 amide bonds. The molecule has 0 atom stereocenters. The Labute approximate surface area is 199 Å². The van der Waals surface area contributed by atoms with Gasteiger partial charge in [0, 0.05) is 18.2 Å². The van der Waals surface area contributed by atoms with Crippen LogP contribution in [-0.4, -0.2) is 46.7 Å². The number of hydrogen-bond donors (Lipinski definition) is 1. The van der Waals surface area contributed by atoms with E-state index in [-0.39, 0.29) is 11.5 Å². The van der Waals surface area contributed by atoms with Crippen LogP contribution >= 0.6 is 11.8 Å². The summed E-state index contributed by atoms with van der Waals surface area (Å²) in [6.45, 7) is 2.24. The summed E-state index contributed by atoms with van der Waals surface area (Å²) in [5.74, 6) is -0.689. The van der Waals surface area contributed by atoms with Crippen LogP contribution in [0.15, 0.2) is 75.0 Å². The second kappa shape index (κ2) is 9.80. The molecule has 1 fully saturated rings. The third-order valence-electron chi connectivity index (χ3n) is 4.99. The lowest BCUT2D eigenvalue weighted by Crippen LogP contribution is -2.28. The van der Waals surface area contributed by atoms with Crippen molar-refractivity contribution < 1.29 is 28.6 Å². The highest BCUT2D eigenvalue weighted by Crippen LogP contribution is 2.35. The maximum atomic E-state index is 12.9. The Morgan fingerprint density at radius 3 is 2.62 bits per heavy atom. The van der Waals surface area contributed by atoms with E-state index in [2.05, 4.69) is 4.99 Å². The number of amides is 1. The monoisotopic (exact) mass is 476 g/mol. The number of amidine groups is 1. The quantitative estimate of drug-likeness (QED) is 0.391. The van der Waals surface area contributed by atoms with Crippen LogP contribution in [0.4, 0.5) is 5.69 Å². The third kappa shape index (κ3) is 4.79. The van der Waals surface area contributed by atoms with Gasteiger partial charge in [0.2, 0.25) is 0 Å². The van der Waals surface area contributed by atoms with E-state index in [4.69, 9.17) is 9.15 Å². The van der Waals surface area contributed by atoms with Gasteiger partial charge in [0.1, 0.15) is 11.5 Å². The molecule has 0 aliphatic carbocycles. The van der Waals surface area contributed by atoms with Crippen molar-refractivity contribution in [1.82, 2.24) is 4.90 Å². The maximum Gasteiger partial charge on any atom is 0.337 e. The molecule has 0 unspecified atom stereocenters. The second-order valence-corrected chi connectivity index (χ2v) is 8.19. The highest BCUT2D eigenvalue weighted by molar-refractivity contribution is 8.18. The number of hydrogen-bond acceptors (Lipinski definition) is 7. The molecule has 2 heterocycles. The molecule has 1 aromatic heterocycles. The molecule has 1 saturated heterocycles. The lowest BCUT2D eigenvalue weighted by atomic mass is 10.1. The minimum Gasteiger partial charge on any atom is -0.478 e. The number of methoxy groups -OCH3 is 1. The number of benzene rings is 2. The Morgan fingerprint density at radius 1 is 1.12 bits per heavy atom. The van der Waals surface area contributed by atoms with Gasteiger partial charge < -0.3 is 14.3 Å². The number of rotatable bonds is 6. The average molecular weight is 477 g/mol. The second-order valence-electron chi connectivity index (χ2n) is 7.18. The van der Waals surface area contributed by atoms with Gasteiger partial charge in [-0.15, -0.1) is 0 Å². The van der Waals surface area contributed by atoms with E-state index >= 15 is 0 Å². The Balaban J connectivity index is 1.60. The summed E-state index contributed by atoms with van der Waals surface area (Å²) >= 11 is 1.19. The van der Waals surface area contributed by atoms with Gasteiger partial charge in [-0.1, -0.05) is 18.2 Å². The topological polar surface area (TPSA) is 109 Å². The van der Waals surface area contributed by atoms with Gasteiger partial charge in [-0.2, -0.15) is 0 Å². The number of carbonyl (C=O) groups is 3. The number of carboxylic acid groups (broad SMARTS) is 1. The molecule has 4 rings (SSSR count). The highest BCUT2D eigenvalue weighted by Gasteiger charge is 2.32. The molecule has 1 N–H and O–H groups in total. The molecular weight excluding hydrogens is 456 g/mol. The van der Waals surface area contributed by atoms with Crippen LogP contribution in [-0.2, 0) is 9.53 Å². The van der Waals surface area contributed by atoms with Gasteiger partial charge >= 0.3 is 11.9 Å². The molecule has 2 aromatic carbocycles. The molecule has 172 valence electrons. The fourth-order valence-corrected chi connectivity index (χ4v) is 4.36. The molecule has 9 heteroatoms. The standard InChI is InChI=1S/C25H20N2O6S/c1-3-27-22(28)21(34-25(27)26-18-9-5-7-16(13-18)23(29)30)14-19-10-11-20(33-19)15-6-4-8-17(12-15)24(31)32-2/h4-14H,3H2,1-2H3,(H,29,30)/b21-14+,26-25?. The minimum absolute atomic E-state index is 0.120. The van der Waals surface area contributed by atoms with E-state index in [9.17, 15) is 19.5 Å². The summed E-state index contributed by atoms with van der Waals surface area (Å²) in [6.07, 6.45) is 1.64. The summed E-state index contributed by atoms with van der Waals surface area (Å²) in [4.78, 5) is 42.4. The van der Waals surface area contributed by atoms with Gasteiger partial charge in [0.25, 0.3) is 5.91 Å². The first kappa shape index (κ1) is 23.1. The normalized spacial score (nSPS) is 15.8. The number of carboxylic acids is 1. The SMILES string of the molecule is CCN1C(=O)/C(=C\c2ccc(-c3cccc(C(=O)OC)c3)o2)SC1=Nc1cccc(C(=O)O)c1. The van der Waals surface area contributed by atoms with Crippen molar-refractivity contribution in [3.05, 3.63) is 82.5 Å². The van der Waals surface area contributed by atoms with Crippen LogP contribution in [0.3, 0.4) is 0 Å². The van der Waals surface area contributed by atoms with E-state index < -0.39 is 11.9 Å². The molecule has 0 bridgehead atoms. The van der Waals surface area contributed by atoms with Crippen molar-refractivity contribution in [2.24, 2.45) is 4.99 Å². The van der Waals surface area contributed by atoms with Gasteiger partial charge in [0.05, 0.1) is 28.8 Å². The van der Waals surface area contributed by atoms with Crippen molar-refractivity contribution in [2.45, 2.75) is 6.92 Å². The van der Waals surface area contributed by atoms with E-state index in [1.54, 1.807) is 48.5 Å². The first-order valence-corrected chi connectivity index (χ1v) is 11.1. The van der Waals surface area contributed by atoms with Crippen molar-refractivity contribution in [3.8, 4) is 11.3 Å². The zero-order valence-corrected chi connectivity index (χ0v) is 19.2. The van der Waals surface area contributed by atoms with Gasteiger partial charge in [-0.05, 0) is 61.2 Å².